The number of carbonyl (C=O) groups is 1. The summed E-state index contributed by atoms with van der Waals surface area (Å²) in [5.74, 6) is -0.274. The van der Waals surface area contributed by atoms with Gasteiger partial charge >= 0.3 is 5.97 Å². The predicted molar refractivity (Wildman–Crippen MR) is 76.5 cm³/mol. The summed E-state index contributed by atoms with van der Waals surface area (Å²) >= 11 is 0. The number of hydrogen-bond donors (Lipinski definition) is 2. The van der Waals surface area contributed by atoms with Gasteiger partial charge in [0.1, 0.15) is 0 Å². The monoisotopic (exact) mass is 278 g/mol. The van der Waals surface area contributed by atoms with E-state index in [-0.39, 0.29) is 11.7 Å². The molecule has 0 aliphatic heterocycles. The lowest BCUT2D eigenvalue weighted by atomic mass is 9.77. The summed E-state index contributed by atoms with van der Waals surface area (Å²) in [5.41, 5.74) is 0.523. The zero-order valence-corrected chi connectivity index (χ0v) is 12.3. The molecule has 1 aliphatic rings. The van der Waals surface area contributed by atoms with Gasteiger partial charge in [-0.25, -0.2) is 0 Å². The average molecular weight is 278 g/mol. The second kappa shape index (κ2) is 5.35. The maximum absolute atomic E-state index is 11.8. The van der Waals surface area contributed by atoms with E-state index in [1.165, 1.54) is 7.11 Å². The highest BCUT2D eigenvalue weighted by Gasteiger charge is 2.45. The van der Waals surface area contributed by atoms with E-state index in [1.807, 2.05) is 19.9 Å². The van der Waals surface area contributed by atoms with Crippen LogP contribution in [0.2, 0.25) is 0 Å². The van der Waals surface area contributed by atoms with Crippen molar-refractivity contribution >= 4 is 5.97 Å². The minimum atomic E-state index is -0.970. The number of methoxy groups -OCH3 is 1. The Labute approximate surface area is 119 Å². The quantitative estimate of drug-likeness (QED) is 0.885. The van der Waals surface area contributed by atoms with Gasteiger partial charge < -0.3 is 14.9 Å². The number of phenolic OH excluding ortho intramolecular Hbond substituents is 1. The van der Waals surface area contributed by atoms with Gasteiger partial charge in [-0.15, -0.1) is 0 Å². The lowest BCUT2D eigenvalue weighted by Gasteiger charge is -2.27. The summed E-state index contributed by atoms with van der Waals surface area (Å²) in [7, 11) is 1.49. The molecule has 20 heavy (non-hydrogen) atoms. The van der Waals surface area contributed by atoms with Crippen molar-refractivity contribution in [3.05, 3.63) is 23.3 Å². The first-order chi connectivity index (χ1) is 9.42. The lowest BCUT2D eigenvalue weighted by molar-refractivity contribution is -0.143. The van der Waals surface area contributed by atoms with Crippen molar-refractivity contribution in [2.45, 2.75) is 50.9 Å². The highest BCUT2D eigenvalue weighted by Crippen LogP contribution is 2.48. The van der Waals surface area contributed by atoms with Crippen LogP contribution in [-0.2, 0) is 10.2 Å². The first kappa shape index (κ1) is 14.7. The Balaban J connectivity index is 2.65. The van der Waals surface area contributed by atoms with Crippen LogP contribution in [0.25, 0.3) is 0 Å². The summed E-state index contributed by atoms with van der Waals surface area (Å²) in [5, 5.41) is 20.1. The van der Waals surface area contributed by atoms with Crippen molar-refractivity contribution in [3.63, 3.8) is 0 Å². The van der Waals surface area contributed by atoms with E-state index in [2.05, 4.69) is 0 Å². The number of benzene rings is 1. The number of rotatable bonds is 4. The Kier molecular flexibility index (Phi) is 3.93. The van der Waals surface area contributed by atoms with E-state index in [0.717, 1.165) is 18.4 Å². The Morgan fingerprint density at radius 1 is 1.30 bits per heavy atom. The summed E-state index contributed by atoms with van der Waals surface area (Å²) in [6.45, 7) is 4.08. The van der Waals surface area contributed by atoms with Crippen molar-refractivity contribution in [2.24, 2.45) is 0 Å². The molecular weight excluding hydrogens is 256 g/mol. The van der Waals surface area contributed by atoms with E-state index >= 15 is 0 Å². The highest BCUT2D eigenvalue weighted by atomic mass is 16.5. The molecule has 2 N–H and O–H groups in total. The Morgan fingerprint density at radius 3 is 2.35 bits per heavy atom. The van der Waals surface area contributed by atoms with E-state index in [0.29, 0.717) is 24.2 Å². The largest absolute Gasteiger partial charge is 0.504 e. The molecule has 0 amide bonds. The lowest BCUT2D eigenvalue weighted by Crippen LogP contribution is -2.32. The Bertz CT molecular complexity index is 513. The molecule has 1 aromatic rings. The molecular formula is C16H22O4. The zero-order chi connectivity index (χ0) is 14.9. The number of hydrogen-bond acceptors (Lipinski definition) is 3. The third-order valence-corrected chi connectivity index (χ3v) is 4.37. The molecule has 0 atom stereocenters. The summed E-state index contributed by atoms with van der Waals surface area (Å²) in [6.07, 6.45) is 2.89. The van der Waals surface area contributed by atoms with Crippen LogP contribution < -0.4 is 4.74 Å². The fourth-order valence-electron chi connectivity index (χ4n) is 3.06. The summed E-state index contributed by atoms with van der Waals surface area (Å²) < 4.78 is 5.22. The Morgan fingerprint density at radius 2 is 1.90 bits per heavy atom. The van der Waals surface area contributed by atoms with Gasteiger partial charge in [0.15, 0.2) is 11.5 Å². The van der Waals surface area contributed by atoms with Gasteiger partial charge in [-0.3, -0.25) is 4.79 Å². The first-order valence-electron chi connectivity index (χ1n) is 7.07. The molecule has 1 aliphatic carbocycles. The van der Waals surface area contributed by atoms with Gasteiger partial charge in [0.2, 0.25) is 0 Å². The molecule has 0 radical (unpaired) electrons. The van der Waals surface area contributed by atoms with Crippen LogP contribution >= 0.6 is 0 Å². The van der Waals surface area contributed by atoms with E-state index in [1.54, 1.807) is 6.07 Å². The van der Waals surface area contributed by atoms with E-state index in [9.17, 15) is 15.0 Å². The average Bonchev–Trinajstić information content (AvgIpc) is 2.89. The molecule has 4 heteroatoms. The number of carboxylic acid groups (broad SMARTS) is 1. The van der Waals surface area contributed by atoms with Gasteiger partial charge in [-0.2, -0.15) is 0 Å². The van der Waals surface area contributed by atoms with Crippen LogP contribution in [0.3, 0.4) is 0 Å². The number of aliphatic carboxylic acids is 1. The van der Waals surface area contributed by atoms with Crippen LogP contribution in [0.1, 0.15) is 56.6 Å². The van der Waals surface area contributed by atoms with Crippen LogP contribution in [0.4, 0.5) is 0 Å². The number of ether oxygens (including phenoxy) is 1. The number of phenols is 1. The van der Waals surface area contributed by atoms with E-state index < -0.39 is 11.4 Å². The van der Waals surface area contributed by atoms with Crippen molar-refractivity contribution in [1.29, 1.82) is 0 Å². The normalized spacial score (nSPS) is 17.4. The third kappa shape index (κ3) is 2.23. The van der Waals surface area contributed by atoms with Gasteiger partial charge in [0.25, 0.3) is 0 Å². The number of carboxylic acids is 1. The molecule has 4 nitrogen and oxygen atoms in total. The molecule has 0 saturated heterocycles. The standard InChI is InChI=1S/C16H22O4/c1-10(2)11-8-12(14(17)13(9-11)20-3)16(15(18)19)6-4-5-7-16/h8-10,17H,4-7H2,1-3H3,(H,18,19). The minimum absolute atomic E-state index is 0.0267. The Hall–Kier alpha value is -1.71. The number of aromatic hydroxyl groups is 1. The van der Waals surface area contributed by atoms with Crippen LogP contribution in [-0.4, -0.2) is 23.3 Å². The van der Waals surface area contributed by atoms with Gasteiger partial charge in [-0.1, -0.05) is 32.8 Å². The van der Waals surface area contributed by atoms with Gasteiger partial charge in [0.05, 0.1) is 12.5 Å². The van der Waals surface area contributed by atoms with E-state index in [4.69, 9.17) is 4.74 Å². The maximum Gasteiger partial charge on any atom is 0.314 e. The maximum atomic E-state index is 11.8. The third-order valence-electron chi connectivity index (χ3n) is 4.37. The minimum Gasteiger partial charge on any atom is -0.504 e. The topological polar surface area (TPSA) is 66.8 Å². The molecule has 1 saturated carbocycles. The molecule has 0 unspecified atom stereocenters. The SMILES string of the molecule is COc1cc(C(C)C)cc(C2(C(=O)O)CCCC2)c1O. The fourth-order valence-corrected chi connectivity index (χ4v) is 3.06. The zero-order valence-electron chi connectivity index (χ0n) is 12.3. The molecule has 110 valence electrons. The molecule has 1 fully saturated rings. The molecule has 0 spiro atoms. The second-order valence-corrected chi connectivity index (χ2v) is 5.87. The van der Waals surface area contributed by atoms with Crippen LogP contribution in [0.15, 0.2) is 12.1 Å². The smallest absolute Gasteiger partial charge is 0.314 e. The molecule has 0 aromatic heterocycles. The highest BCUT2D eigenvalue weighted by molar-refractivity contribution is 5.83. The summed E-state index contributed by atoms with van der Waals surface area (Å²) in [4.78, 5) is 11.8. The first-order valence-corrected chi connectivity index (χ1v) is 7.07. The molecule has 0 heterocycles. The molecule has 0 bridgehead atoms. The van der Waals surface area contributed by atoms with Crippen molar-refractivity contribution in [1.82, 2.24) is 0 Å². The fraction of sp³-hybridized carbons (Fsp3) is 0.562. The summed E-state index contributed by atoms with van der Waals surface area (Å²) in [6, 6.07) is 3.62. The molecule has 1 aromatic carbocycles. The second-order valence-electron chi connectivity index (χ2n) is 5.87. The predicted octanol–water partition coefficient (Wildman–Crippen LogP) is 3.42. The molecule has 2 rings (SSSR count). The van der Waals surface area contributed by atoms with Crippen molar-refractivity contribution in [3.8, 4) is 11.5 Å². The van der Waals surface area contributed by atoms with Gasteiger partial charge in [-0.05, 0) is 30.4 Å². The van der Waals surface area contributed by atoms with Crippen molar-refractivity contribution < 1.29 is 19.7 Å². The van der Waals surface area contributed by atoms with Gasteiger partial charge in [0, 0.05) is 5.56 Å². The van der Waals surface area contributed by atoms with Crippen LogP contribution in [0, 0.1) is 0 Å². The van der Waals surface area contributed by atoms with Crippen molar-refractivity contribution in [2.75, 3.05) is 7.11 Å². The van der Waals surface area contributed by atoms with Crippen LogP contribution in [0.5, 0.6) is 11.5 Å².